The Kier molecular flexibility index (Phi) is 5.34. The molecular formula is C16H27N3. The van der Waals surface area contributed by atoms with Crippen molar-refractivity contribution in [1.82, 2.24) is 15.2 Å². The van der Waals surface area contributed by atoms with Crippen LogP contribution in [0.2, 0.25) is 0 Å². The van der Waals surface area contributed by atoms with Crippen molar-refractivity contribution in [3.63, 3.8) is 0 Å². The maximum absolute atomic E-state index is 4.42. The van der Waals surface area contributed by atoms with E-state index in [1.807, 2.05) is 12.3 Å². The number of rotatable bonds is 5. The van der Waals surface area contributed by atoms with Crippen LogP contribution in [0.25, 0.3) is 0 Å². The summed E-state index contributed by atoms with van der Waals surface area (Å²) in [6.07, 6.45) is 6.63. The van der Waals surface area contributed by atoms with E-state index in [-0.39, 0.29) is 0 Å². The number of nitrogens with one attached hydrogen (secondary N) is 1. The quantitative estimate of drug-likeness (QED) is 0.882. The second kappa shape index (κ2) is 7.01. The smallest absolute Gasteiger partial charge is 0.0416 e. The molecule has 1 aliphatic rings. The molecule has 19 heavy (non-hydrogen) atoms. The van der Waals surface area contributed by atoms with Gasteiger partial charge in [0.1, 0.15) is 0 Å². The fourth-order valence-corrected chi connectivity index (χ4v) is 2.95. The summed E-state index contributed by atoms with van der Waals surface area (Å²) in [4.78, 5) is 7.03. The van der Waals surface area contributed by atoms with E-state index < -0.39 is 0 Å². The van der Waals surface area contributed by atoms with Crippen molar-refractivity contribution in [2.45, 2.75) is 45.1 Å². The average molecular weight is 261 g/mol. The first-order chi connectivity index (χ1) is 9.28. The van der Waals surface area contributed by atoms with Crippen LogP contribution in [0.5, 0.6) is 0 Å². The lowest BCUT2D eigenvalue weighted by Gasteiger charge is -2.35. The fourth-order valence-electron chi connectivity index (χ4n) is 2.95. The van der Waals surface area contributed by atoms with E-state index in [1.165, 1.54) is 38.0 Å². The Hall–Kier alpha value is -0.930. The zero-order chi connectivity index (χ0) is 13.6. The van der Waals surface area contributed by atoms with Gasteiger partial charge in [0, 0.05) is 36.9 Å². The minimum Gasteiger partial charge on any atom is -0.310 e. The van der Waals surface area contributed by atoms with Crippen molar-refractivity contribution in [3.8, 4) is 0 Å². The third-order valence-corrected chi connectivity index (χ3v) is 4.44. The standard InChI is InChI=1S/C16H27N3/c1-3-16(4-2)14-19(12-7-11-18-16)13-9-15-8-5-6-10-17-15/h5-6,8,10,18H,3-4,7,9,11-14H2,1-2H3. The Morgan fingerprint density at radius 2 is 2.16 bits per heavy atom. The van der Waals surface area contributed by atoms with E-state index in [1.54, 1.807) is 0 Å². The van der Waals surface area contributed by atoms with Crippen LogP contribution in [0.3, 0.4) is 0 Å². The molecule has 0 saturated carbocycles. The lowest BCUT2D eigenvalue weighted by Crippen LogP contribution is -2.50. The molecule has 1 N–H and O–H groups in total. The summed E-state index contributed by atoms with van der Waals surface area (Å²) >= 11 is 0. The summed E-state index contributed by atoms with van der Waals surface area (Å²) in [5.41, 5.74) is 1.53. The fraction of sp³-hybridized carbons (Fsp3) is 0.688. The minimum atomic E-state index is 0.320. The van der Waals surface area contributed by atoms with Crippen molar-refractivity contribution in [2.75, 3.05) is 26.2 Å². The predicted octanol–water partition coefficient (Wildman–Crippen LogP) is 2.48. The Labute approximate surface area is 117 Å². The van der Waals surface area contributed by atoms with Crippen molar-refractivity contribution in [3.05, 3.63) is 30.1 Å². The highest BCUT2D eigenvalue weighted by Gasteiger charge is 2.29. The molecule has 0 bridgehead atoms. The molecule has 0 radical (unpaired) electrons. The first-order valence-corrected chi connectivity index (χ1v) is 7.65. The van der Waals surface area contributed by atoms with Gasteiger partial charge in [0.2, 0.25) is 0 Å². The van der Waals surface area contributed by atoms with Crippen LogP contribution < -0.4 is 5.32 Å². The molecule has 1 aliphatic heterocycles. The Bertz CT molecular complexity index is 360. The van der Waals surface area contributed by atoms with Crippen LogP contribution in [-0.2, 0) is 6.42 Å². The molecule has 0 unspecified atom stereocenters. The normalized spacial score (nSPS) is 20.1. The minimum absolute atomic E-state index is 0.320. The van der Waals surface area contributed by atoms with Crippen LogP contribution in [0.1, 0.15) is 38.8 Å². The Morgan fingerprint density at radius 3 is 2.84 bits per heavy atom. The van der Waals surface area contributed by atoms with Gasteiger partial charge in [-0.25, -0.2) is 0 Å². The first-order valence-electron chi connectivity index (χ1n) is 7.65. The van der Waals surface area contributed by atoms with Crippen LogP contribution in [-0.4, -0.2) is 41.6 Å². The van der Waals surface area contributed by atoms with Crippen molar-refractivity contribution < 1.29 is 0 Å². The van der Waals surface area contributed by atoms with Gasteiger partial charge in [-0.05, 0) is 44.5 Å². The number of nitrogens with zero attached hydrogens (tertiary/aromatic N) is 2. The highest BCUT2D eigenvalue weighted by molar-refractivity contribution is 5.04. The van der Waals surface area contributed by atoms with E-state index >= 15 is 0 Å². The lowest BCUT2D eigenvalue weighted by molar-refractivity contribution is 0.198. The molecule has 2 rings (SSSR count). The first kappa shape index (κ1) is 14.5. The van der Waals surface area contributed by atoms with Crippen LogP contribution >= 0.6 is 0 Å². The van der Waals surface area contributed by atoms with Crippen molar-refractivity contribution in [1.29, 1.82) is 0 Å². The summed E-state index contributed by atoms with van der Waals surface area (Å²) in [6.45, 7) is 9.27. The zero-order valence-electron chi connectivity index (χ0n) is 12.4. The van der Waals surface area contributed by atoms with E-state index in [9.17, 15) is 0 Å². The van der Waals surface area contributed by atoms with Crippen molar-refractivity contribution >= 4 is 0 Å². The molecule has 2 heterocycles. The molecule has 1 aromatic rings. The third kappa shape index (κ3) is 4.02. The number of hydrogen-bond acceptors (Lipinski definition) is 3. The lowest BCUT2D eigenvalue weighted by atomic mass is 9.92. The largest absolute Gasteiger partial charge is 0.310 e. The van der Waals surface area contributed by atoms with Gasteiger partial charge in [0.15, 0.2) is 0 Å². The summed E-state index contributed by atoms with van der Waals surface area (Å²) in [5.74, 6) is 0. The molecule has 3 nitrogen and oxygen atoms in total. The van der Waals surface area contributed by atoms with E-state index in [0.29, 0.717) is 5.54 Å². The van der Waals surface area contributed by atoms with Gasteiger partial charge in [-0.2, -0.15) is 0 Å². The summed E-state index contributed by atoms with van der Waals surface area (Å²) in [7, 11) is 0. The maximum Gasteiger partial charge on any atom is 0.0416 e. The van der Waals surface area contributed by atoms with Gasteiger partial charge in [0.05, 0.1) is 0 Å². The average Bonchev–Trinajstić information content (AvgIpc) is 2.69. The summed E-state index contributed by atoms with van der Waals surface area (Å²) < 4.78 is 0. The molecule has 0 amide bonds. The molecular weight excluding hydrogens is 234 g/mol. The van der Waals surface area contributed by atoms with Gasteiger partial charge in [-0.1, -0.05) is 19.9 Å². The summed E-state index contributed by atoms with van der Waals surface area (Å²) in [5, 5.41) is 3.77. The molecule has 1 aromatic heterocycles. The second-order valence-electron chi connectivity index (χ2n) is 5.61. The van der Waals surface area contributed by atoms with Gasteiger partial charge in [-0.15, -0.1) is 0 Å². The molecule has 0 atom stereocenters. The van der Waals surface area contributed by atoms with E-state index in [4.69, 9.17) is 0 Å². The zero-order valence-corrected chi connectivity index (χ0v) is 12.4. The molecule has 0 aromatic carbocycles. The predicted molar refractivity (Wildman–Crippen MR) is 80.3 cm³/mol. The maximum atomic E-state index is 4.42. The van der Waals surface area contributed by atoms with E-state index in [2.05, 4.69) is 41.2 Å². The van der Waals surface area contributed by atoms with Crippen molar-refractivity contribution in [2.24, 2.45) is 0 Å². The molecule has 3 heteroatoms. The van der Waals surface area contributed by atoms with Gasteiger partial charge in [0.25, 0.3) is 0 Å². The van der Waals surface area contributed by atoms with Gasteiger partial charge in [-0.3, -0.25) is 4.98 Å². The number of pyridine rings is 1. The topological polar surface area (TPSA) is 28.2 Å². The summed E-state index contributed by atoms with van der Waals surface area (Å²) in [6, 6.07) is 6.19. The second-order valence-corrected chi connectivity index (χ2v) is 5.61. The van der Waals surface area contributed by atoms with Gasteiger partial charge >= 0.3 is 0 Å². The Morgan fingerprint density at radius 1 is 1.32 bits per heavy atom. The molecule has 1 fully saturated rings. The third-order valence-electron chi connectivity index (χ3n) is 4.44. The highest BCUT2D eigenvalue weighted by Crippen LogP contribution is 2.19. The molecule has 0 spiro atoms. The van der Waals surface area contributed by atoms with E-state index in [0.717, 1.165) is 19.5 Å². The van der Waals surface area contributed by atoms with Crippen LogP contribution in [0.15, 0.2) is 24.4 Å². The number of hydrogen-bond donors (Lipinski definition) is 1. The highest BCUT2D eigenvalue weighted by atomic mass is 15.2. The molecule has 0 aliphatic carbocycles. The molecule has 1 saturated heterocycles. The van der Waals surface area contributed by atoms with Gasteiger partial charge < -0.3 is 10.2 Å². The van der Waals surface area contributed by atoms with Crippen LogP contribution in [0, 0.1) is 0 Å². The molecule has 106 valence electrons. The monoisotopic (exact) mass is 261 g/mol. The SMILES string of the molecule is CCC1(CC)CN(CCc2ccccn2)CCCN1. The Balaban J connectivity index is 1.92. The van der Waals surface area contributed by atoms with Crippen LogP contribution in [0.4, 0.5) is 0 Å². The number of aromatic nitrogens is 1.